The fourth-order valence-electron chi connectivity index (χ4n) is 2.39. The average molecular weight is 287 g/mol. The molecule has 0 fully saturated rings. The molecule has 4 nitrogen and oxygen atoms in total. The maximum absolute atomic E-state index is 6.01. The second-order valence-electron chi connectivity index (χ2n) is 5.32. The van der Waals surface area contributed by atoms with Crippen LogP contribution in [0.25, 0.3) is 0 Å². The molecule has 21 heavy (non-hydrogen) atoms. The quantitative estimate of drug-likeness (QED) is 0.757. The summed E-state index contributed by atoms with van der Waals surface area (Å²) in [6.07, 6.45) is 6.59. The highest BCUT2D eigenvalue weighted by Gasteiger charge is 2.10. The Balaban J connectivity index is 1.92. The molecule has 0 saturated carbocycles. The number of aromatic nitrogens is 2. The summed E-state index contributed by atoms with van der Waals surface area (Å²) in [6.45, 7) is 9.00. The van der Waals surface area contributed by atoms with Gasteiger partial charge in [0.2, 0.25) is 0 Å². The molecule has 0 radical (unpaired) electrons. The summed E-state index contributed by atoms with van der Waals surface area (Å²) in [5, 5.41) is 3.44. The molecule has 1 N–H and O–H groups in total. The molecule has 0 spiro atoms. The molecule has 1 unspecified atom stereocenters. The van der Waals surface area contributed by atoms with Gasteiger partial charge in [0.1, 0.15) is 5.75 Å². The molecule has 1 aromatic heterocycles. The maximum Gasteiger partial charge on any atom is 0.124 e. The van der Waals surface area contributed by atoms with Gasteiger partial charge < -0.3 is 14.6 Å². The summed E-state index contributed by atoms with van der Waals surface area (Å²) >= 11 is 0. The zero-order valence-electron chi connectivity index (χ0n) is 13.2. The van der Waals surface area contributed by atoms with Crippen molar-refractivity contribution in [1.29, 1.82) is 0 Å². The first kappa shape index (κ1) is 15.6. The Morgan fingerprint density at radius 3 is 2.95 bits per heavy atom. The van der Waals surface area contributed by atoms with E-state index in [1.807, 2.05) is 12.5 Å². The first-order valence-electron chi connectivity index (χ1n) is 7.63. The van der Waals surface area contributed by atoms with E-state index in [2.05, 4.69) is 53.8 Å². The Kier molecular flexibility index (Phi) is 5.81. The van der Waals surface area contributed by atoms with Gasteiger partial charge in [0.25, 0.3) is 0 Å². The number of nitrogens with one attached hydrogen (secondary N) is 1. The highest BCUT2D eigenvalue weighted by molar-refractivity contribution is 5.39. The lowest BCUT2D eigenvalue weighted by molar-refractivity contribution is 0.296. The van der Waals surface area contributed by atoms with Crippen molar-refractivity contribution in [3.05, 3.63) is 48.0 Å². The summed E-state index contributed by atoms with van der Waals surface area (Å²) in [7, 11) is 0. The molecule has 0 aliphatic heterocycles. The number of hydrogen-bond donors (Lipinski definition) is 1. The van der Waals surface area contributed by atoms with Crippen LogP contribution in [0.15, 0.2) is 36.9 Å². The number of aryl methyl sites for hydroxylation is 2. The SMILES string of the molecule is CCNC(C)c1ccc(C)cc1OCCCn1ccnc1. The van der Waals surface area contributed by atoms with E-state index < -0.39 is 0 Å². The van der Waals surface area contributed by atoms with Crippen molar-refractivity contribution < 1.29 is 4.74 Å². The minimum Gasteiger partial charge on any atom is -0.493 e. The molecular formula is C17H25N3O. The van der Waals surface area contributed by atoms with E-state index >= 15 is 0 Å². The molecular weight excluding hydrogens is 262 g/mol. The first-order chi connectivity index (χ1) is 10.2. The Hall–Kier alpha value is -1.81. The smallest absolute Gasteiger partial charge is 0.124 e. The van der Waals surface area contributed by atoms with Crippen LogP contribution < -0.4 is 10.1 Å². The Morgan fingerprint density at radius 1 is 1.38 bits per heavy atom. The third-order valence-corrected chi connectivity index (χ3v) is 3.52. The predicted molar refractivity (Wildman–Crippen MR) is 85.6 cm³/mol. The molecule has 0 amide bonds. The largest absolute Gasteiger partial charge is 0.493 e. The van der Waals surface area contributed by atoms with E-state index in [9.17, 15) is 0 Å². The lowest BCUT2D eigenvalue weighted by Crippen LogP contribution is -2.18. The fourth-order valence-corrected chi connectivity index (χ4v) is 2.39. The minimum atomic E-state index is 0.305. The lowest BCUT2D eigenvalue weighted by atomic mass is 10.0. The number of hydrogen-bond acceptors (Lipinski definition) is 3. The van der Waals surface area contributed by atoms with Crippen molar-refractivity contribution in [3.63, 3.8) is 0 Å². The van der Waals surface area contributed by atoms with Crippen LogP contribution in [0.3, 0.4) is 0 Å². The van der Waals surface area contributed by atoms with Gasteiger partial charge in [-0.2, -0.15) is 0 Å². The van der Waals surface area contributed by atoms with Crippen LogP contribution in [0, 0.1) is 6.92 Å². The zero-order chi connectivity index (χ0) is 15.1. The Labute approximate surface area is 127 Å². The summed E-state index contributed by atoms with van der Waals surface area (Å²) in [6, 6.07) is 6.73. The molecule has 1 heterocycles. The standard InChI is InChI=1S/C17H25N3O/c1-4-19-15(3)16-7-6-14(2)12-17(16)21-11-5-9-20-10-8-18-13-20/h6-8,10,12-13,15,19H,4-5,9,11H2,1-3H3. The van der Waals surface area contributed by atoms with Crippen LogP contribution >= 0.6 is 0 Å². The van der Waals surface area contributed by atoms with Crippen molar-refractivity contribution in [2.24, 2.45) is 0 Å². The molecule has 2 aromatic rings. The van der Waals surface area contributed by atoms with Crippen LogP contribution in [-0.2, 0) is 6.54 Å². The van der Waals surface area contributed by atoms with Gasteiger partial charge in [-0.3, -0.25) is 0 Å². The second kappa shape index (κ2) is 7.84. The van der Waals surface area contributed by atoms with Gasteiger partial charge in [0.15, 0.2) is 0 Å². The maximum atomic E-state index is 6.01. The van der Waals surface area contributed by atoms with Gasteiger partial charge in [0.05, 0.1) is 12.9 Å². The van der Waals surface area contributed by atoms with E-state index in [1.165, 1.54) is 11.1 Å². The van der Waals surface area contributed by atoms with Crippen molar-refractivity contribution in [2.75, 3.05) is 13.2 Å². The molecule has 1 atom stereocenters. The van der Waals surface area contributed by atoms with Crippen LogP contribution in [0.4, 0.5) is 0 Å². The normalized spacial score (nSPS) is 12.3. The number of benzene rings is 1. The monoisotopic (exact) mass is 287 g/mol. The molecule has 4 heteroatoms. The number of nitrogens with zero attached hydrogens (tertiary/aromatic N) is 2. The Bertz CT molecular complexity index is 537. The van der Waals surface area contributed by atoms with Gasteiger partial charge in [-0.05, 0) is 38.4 Å². The van der Waals surface area contributed by atoms with Crippen molar-refractivity contribution in [1.82, 2.24) is 14.9 Å². The van der Waals surface area contributed by atoms with Crippen LogP contribution in [0.1, 0.15) is 37.4 Å². The van der Waals surface area contributed by atoms with Gasteiger partial charge in [0, 0.05) is 30.5 Å². The van der Waals surface area contributed by atoms with Crippen molar-refractivity contribution >= 4 is 0 Å². The fraction of sp³-hybridized carbons (Fsp3) is 0.471. The van der Waals surface area contributed by atoms with Gasteiger partial charge in [-0.1, -0.05) is 19.1 Å². The van der Waals surface area contributed by atoms with E-state index in [4.69, 9.17) is 4.74 Å². The molecule has 2 rings (SSSR count). The molecule has 1 aromatic carbocycles. The highest BCUT2D eigenvalue weighted by Crippen LogP contribution is 2.26. The third-order valence-electron chi connectivity index (χ3n) is 3.52. The average Bonchev–Trinajstić information content (AvgIpc) is 2.97. The van der Waals surface area contributed by atoms with Gasteiger partial charge >= 0.3 is 0 Å². The highest BCUT2D eigenvalue weighted by atomic mass is 16.5. The van der Waals surface area contributed by atoms with Crippen LogP contribution in [0.2, 0.25) is 0 Å². The molecule has 114 valence electrons. The summed E-state index contributed by atoms with van der Waals surface area (Å²) in [4.78, 5) is 4.04. The third kappa shape index (κ3) is 4.60. The molecule has 0 aliphatic carbocycles. The summed E-state index contributed by atoms with van der Waals surface area (Å²) < 4.78 is 8.08. The number of imidazole rings is 1. The number of rotatable bonds is 8. The van der Waals surface area contributed by atoms with Crippen LogP contribution in [0.5, 0.6) is 5.75 Å². The van der Waals surface area contributed by atoms with Crippen molar-refractivity contribution in [3.8, 4) is 5.75 Å². The van der Waals surface area contributed by atoms with E-state index in [0.29, 0.717) is 12.6 Å². The van der Waals surface area contributed by atoms with E-state index in [0.717, 1.165) is 25.3 Å². The van der Waals surface area contributed by atoms with E-state index in [-0.39, 0.29) is 0 Å². The number of ether oxygens (including phenoxy) is 1. The Morgan fingerprint density at radius 2 is 2.24 bits per heavy atom. The lowest BCUT2D eigenvalue weighted by Gasteiger charge is -2.18. The van der Waals surface area contributed by atoms with Gasteiger partial charge in [-0.15, -0.1) is 0 Å². The predicted octanol–water partition coefficient (Wildman–Crippen LogP) is 3.33. The second-order valence-corrected chi connectivity index (χ2v) is 5.32. The molecule has 0 bridgehead atoms. The topological polar surface area (TPSA) is 39.1 Å². The van der Waals surface area contributed by atoms with Crippen LogP contribution in [-0.4, -0.2) is 22.7 Å². The van der Waals surface area contributed by atoms with E-state index in [1.54, 1.807) is 6.20 Å². The zero-order valence-corrected chi connectivity index (χ0v) is 13.2. The summed E-state index contributed by atoms with van der Waals surface area (Å²) in [5.41, 5.74) is 2.46. The molecule has 0 aliphatic rings. The molecule has 0 saturated heterocycles. The first-order valence-corrected chi connectivity index (χ1v) is 7.63. The van der Waals surface area contributed by atoms with Crippen molar-refractivity contribution in [2.45, 2.75) is 39.8 Å². The minimum absolute atomic E-state index is 0.305. The summed E-state index contributed by atoms with van der Waals surface area (Å²) in [5.74, 6) is 0.995. The van der Waals surface area contributed by atoms with Gasteiger partial charge in [-0.25, -0.2) is 4.98 Å².